The van der Waals surface area contributed by atoms with E-state index in [2.05, 4.69) is 10.4 Å². The number of aliphatic hydroxyl groups excluding tert-OH is 1. The van der Waals surface area contributed by atoms with Crippen molar-refractivity contribution in [1.82, 2.24) is 14.7 Å². The highest BCUT2D eigenvalue weighted by Gasteiger charge is 2.13. The smallest absolute Gasteiger partial charge is 0.322 e. The summed E-state index contributed by atoms with van der Waals surface area (Å²) in [5.41, 5.74) is 0.656. The third kappa shape index (κ3) is 4.13. The molecule has 1 aromatic carbocycles. The number of amides is 2. The van der Waals surface area contributed by atoms with Crippen molar-refractivity contribution in [3.05, 3.63) is 40.5 Å². The van der Waals surface area contributed by atoms with Gasteiger partial charge in [0.1, 0.15) is 0 Å². The predicted octanol–water partition coefficient (Wildman–Crippen LogP) is 3.02. The number of carbonyl (C=O) groups is 1. The Balaban J connectivity index is 2.10. The number of aliphatic hydroxyl groups is 1. The van der Waals surface area contributed by atoms with Crippen molar-refractivity contribution in [2.75, 3.05) is 18.9 Å². The van der Waals surface area contributed by atoms with Crippen LogP contribution in [0.2, 0.25) is 10.0 Å². The largest absolute Gasteiger partial charge is 0.392 e. The minimum atomic E-state index is -0.596. The molecule has 0 aliphatic carbocycles. The fourth-order valence-electron chi connectivity index (χ4n) is 1.88. The highest BCUT2D eigenvalue weighted by molar-refractivity contribution is 6.35. The standard InChI is InChI=1S/C14H16Cl2N4O2/c1-9(21)8-19(2)14(22)17-13-5-6-20(18-13)12-4-3-10(15)7-11(12)16/h3-7,9,21H,8H2,1-2H3,(H,17,18,22). The van der Waals surface area contributed by atoms with E-state index in [0.717, 1.165) is 0 Å². The second-order valence-corrected chi connectivity index (χ2v) is 5.74. The van der Waals surface area contributed by atoms with E-state index in [-0.39, 0.29) is 12.6 Å². The Hall–Kier alpha value is -1.76. The lowest BCUT2D eigenvalue weighted by atomic mass is 10.3. The van der Waals surface area contributed by atoms with Crippen molar-refractivity contribution in [2.24, 2.45) is 0 Å². The number of likely N-dealkylation sites (N-methyl/N-ethyl adjacent to an activating group) is 1. The maximum atomic E-state index is 11.9. The third-order valence-corrected chi connectivity index (χ3v) is 3.40. The van der Waals surface area contributed by atoms with Crippen LogP contribution >= 0.6 is 23.2 Å². The maximum Gasteiger partial charge on any atom is 0.322 e. The van der Waals surface area contributed by atoms with Gasteiger partial charge in [-0.2, -0.15) is 0 Å². The van der Waals surface area contributed by atoms with E-state index in [1.807, 2.05) is 0 Å². The van der Waals surface area contributed by atoms with Crippen molar-refractivity contribution in [2.45, 2.75) is 13.0 Å². The van der Waals surface area contributed by atoms with Crippen LogP contribution in [0, 0.1) is 0 Å². The molecule has 0 spiro atoms. The first-order valence-corrected chi connectivity index (χ1v) is 7.33. The summed E-state index contributed by atoms with van der Waals surface area (Å²) in [6, 6.07) is 6.36. The number of benzene rings is 1. The molecule has 2 N–H and O–H groups in total. The molecule has 0 fully saturated rings. The molecule has 118 valence electrons. The Morgan fingerprint density at radius 1 is 1.45 bits per heavy atom. The molecule has 1 aromatic heterocycles. The molecular formula is C14H16Cl2N4O2. The molecule has 8 heteroatoms. The monoisotopic (exact) mass is 342 g/mol. The number of rotatable bonds is 4. The fraction of sp³-hybridized carbons (Fsp3) is 0.286. The van der Waals surface area contributed by atoms with Gasteiger partial charge in [-0.3, -0.25) is 5.32 Å². The summed E-state index contributed by atoms with van der Waals surface area (Å²) in [7, 11) is 1.59. The molecular weight excluding hydrogens is 327 g/mol. The lowest BCUT2D eigenvalue weighted by molar-refractivity contribution is 0.149. The summed E-state index contributed by atoms with van der Waals surface area (Å²) in [5, 5.41) is 17.2. The van der Waals surface area contributed by atoms with Crippen molar-refractivity contribution in [1.29, 1.82) is 0 Å². The van der Waals surface area contributed by atoms with Gasteiger partial charge in [0.25, 0.3) is 0 Å². The Bertz CT molecular complexity index is 673. The van der Waals surface area contributed by atoms with Gasteiger partial charge in [0.05, 0.1) is 16.8 Å². The van der Waals surface area contributed by atoms with Crippen molar-refractivity contribution >= 4 is 35.1 Å². The molecule has 22 heavy (non-hydrogen) atoms. The van der Waals surface area contributed by atoms with Crippen LogP contribution in [0.15, 0.2) is 30.5 Å². The second-order valence-electron chi connectivity index (χ2n) is 4.90. The topological polar surface area (TPSA) is 70.4 Å². The Labute approximate surface area is 138 Å². The van der Waals surface area contributed by atoms with E-state index in [1.165, 1.54) is 4.90 Å². The first kappa shape index (κ1) is 16.6. The molecule has 0 saturated carbocycles. The van der Waals surface area contributed by atoms with Crippen LogP contribution in [-0.4, -0.2) is 45.5 Å². The van der Waals surface area contributed by atoms with E-state index in [0.29, 0.717) is 21.6 Å². The number of aromatic nitrogens is 2. The number of hydrogen-bond donors (Lipinski definition) is 2. The molecule has 1 heterocycles. The van der Waals surface area contributed by atoms with Gasteiger partial charge in [0.15, 0.2) is 5.82 Å². The van der Waals surface area contributed by atoms with E-state index in [9.17, 15) is 9.90 Å². The van der Waals surface area contributed by atoms with E-state index < -0.39 is 6.10 Å². The van der Waals surface area contributed by atoms with Gasteiger partial charge >= 0.3 is 6.03 Å². The van der Waals surface area contributed by atoms with Crippen LogP contribution in [0.25, 0.3) is 5.69 Å². The normalized spacial score (nSPS) is 12.0. The van der Waals surface area contributed by atoms with Crippen LogP contribution in [0.5, 0.6) is 0 Å². The second kappa shape index (κ2) is 7.00. The lowest BCUT2D eigenvalue weighted by Gasteiger charge is -2.18. The number of anilines is 1. The van der Waals surface area contributed by atoms with Gasteiger partial charge in [-0.15, -0.1) is 5.10 Å². The van der Waals surface area contributed by atoms with Gasteiger partial charge in [-0.05, 0) is 25.1 Å². The maximum absolute atomic E-state index is 11.9. The average molecular weight is 343 g/mol. The van der Waals surface area contributed by atoms with Gasteiger partial charge in [-0.25, -0.2) is 9.48 Å². The zero-order valence-electron chi connectivity index (χ0n) is 12.1. The summed E-state index contributed by atoms with van der Waals surface area (Å²) in [4.78, 5) is 13.3. The zero-order chi connectivity index (χ0) is 16.3. The van der Waals surface area contributed by atoms with Crippen LogP contribution in [0.1, 0.15) is 6.92 Å². The molecule has 1 unspecified atom stereocenters. The van der Waals surface area contributed by atoms with Crippen molar-refractivity contribution in [3.8, 4) is 5.69 Å². The van der Waals surface area contributed by atoms with Crippen LogP contribution < -0.4 is 5.32 Å². The number of carbonyl (C=O) groups excluding carboxylic acids is 1. The average Bonchev–Trinajstić information content (AvgIpc) is 2.86. The number of nitrogens with zero attached hydrogens (tertiary/aromatic N) is 3. The molecule has 0 bridgehead atoms. The third-order valence-electron chi connectivity index (χ3n) is 2.87. The first-order valence-electron chi connectivity index (χ1n) is 6.58. The summed E-state index contributed by atoms with van der Waals surface area (Å²) in [6.45, 7) is 1.84. The van der Waals surface area contributed by atoms with Crippen LogP contribution in [0.3, 0.4) is 0 Å². The molecule has 6 nitrogen and oxygen atoms in total. The van der Waals surface area contributed by atoms with Gasteiger partial charge in [0.2, 0.25) is 0 Å². The predicted molar refractivity (Wildman–Crippen MR) is 86.9 cm³/mol. The SMILES string of the molecule is CC(O)CN(C)C(=O)Nc1ccn(-c2ccc(Cl)cc2Cl)n1. The molecule has 0 aliphatic heterocycles. The minimum Gasteiger partial charge on any atom is -0.392 e. The van der Waals surface area contributed by atoms with Crippen LogP contribution in [0.4, 0.5) is 10.6 Å². The molecule has 2 rings (SSSR count). The van der Waals surface area contributed by atoms with Gasteiger partial charge in [-0.1, -0.05) is 23.2 Å². The van der Waals surface area contributed by atoms with E-state index in [1.54, 1.807) is 49.1 Å². The summed E-state index contributed by atoms with van der Waals surface area (Å²) in [6.07, 6.45) is 1.08. The highest BCUT2D eigenvalue weighted by Crippen LogP contribution is 2.24. The highest BCUT2D eigenvalue weighted by atomic mass is 35.5. The van der Waals surface area contributed by atoms with Crippen LogP contribution in [-0.2, 0) is 0 Å². The van der Waals surface area contributed by atoms with Crippen molar-refractivity contribution in [3.63, 3.8) is 0 Å². The molecule has 0 radical (unpaired) electrons. The number of hydrogen-bond acceptors (Lipinski definition) is 3. The van der Waals surface area contributed by atoms with E-state index >= 15 is 0 Å². The quantitative estimate of drug-likeness (QED) is 0.897. The molecule has 0 aliphatic rings. The molecule has 0 saturated heterocycles. The minimum absolute atomic E-state index is 0.232. The number of halogens is 2. The van der Waals surface area contributed by atoms with Gasteiger partial charge in [0, 0.05) is 30.9 Å². The lowest BCUT2D eigenvalue weighted by Crippen LogP contribution is -2.36. The zero-order valence-corrected chi connectivity index (χ0v) is 13.6. The Morgan fingerprint density at radius 3 is 2.82 bits per heavy atom. The Kier molecular flexibility index (Phi) is 5.28. The van der Waals surface area contributed by atoms with E-state index in [4.69, 9.17) is 23.2 Å². The fourth-order valence-corrected chi connectivity index (χ4v) is 2.37. The first-order chi connectivity index (χ1) is 10.4. The molecule has 1 atom stereocenters. The summed E-state index contributed by atoms with van der Waals surface area (Å²) in [5.74, 6) is 0.383. The van der Waals surface area contributed by atoms with Gasteiger partial charge < -0.3 is 10.0 Å². The number of urea groups is 1. The summed E-state index contributed by atoms with van der Waals surface area (Å²) >= 11 is 12.0. The molecule has 2 aromatic rings. The number of nitrogens with one attached hydrogen (secondary N) is 1. The summed E-state index contributed by atoms with van der Waals surface area (Å²) < 4.78 is 1.54. The van der Waals surface area contributed by atoms with Crippen molar-refractivity contribution < 1.29 is 9.90 Å². The molecule has 2 amide bonds. The Morgan fingerprint density at radius 2 is 2.18 bits per heavy atom.